The summed E-state index contributed by atoms with van der Waals surface area (Å²) in [6.07, 6.45) is 0.890. The summed E-state index contributed by atoms with van der Waals surface area (Å²) in [5, 5.41) is 3.20. The molecule has 0 saturated carbocycles. The van der Waals surface area contributed by atoms with Crippen molar-refractivity contribution < 1.29 is 13.7 Å². The fourth-order valence-corrected chi connectivity index (χ4v) is 3.38. The first-order chi connectivity index (χ1) is 8.83. The van der Waals surface area contributed by atoms with E-state index in [4.69, 9.17) is 9.47 Å². The van der Waals surface area contributed by atoms with Gasteiger partial charge in [0.2, 0.25) is 0 Å². The second-order valence-electron chi connectivity index (χ2n) is 4.70. The van der Waals surface area contributed by atoms with E-state index in [1.807, 2.05) is 18.2 Å². The number of benzene rings is 1. The maximum Gasteiger partial charge on any atom is 0.162 e. The summed E-state index contributed by atoms with van der Waals surface area (Å²) in [5.41, 5.74) is 0. The number of rotatable bonds is 3. The Morgan fingerprint density at radius 3 is 2.72 bits per heavy atom. The van der Waals surface area contributed by atoms with Crippen molar-refractivity contribution in [2.75, 3.05) is 32.1 Å². The van der Waals surface area contributed by atoms with Crippen molar-refractivity contribution in [3.63, 3.8) is 0 Å². The molecule has 4 nitrogen and oxygen atoms in total. The van der Waals surface area contributed by atoms with Gasteiger partial charge in [-0.1, -0.05) is 0 Å². The topological polar surface area (TPSA) is 47.6 Å². The van der Waals surface area contributed by atoms with Gasteiger partial charge < -0.3 is 14.8 Å². The molecule has 1 unspecified atom stereocenters. The van der Waals surface area contributed by atoms with E-state index < -0.39 is 10.8 Å². The van der Waals surface area contributed by atoms with Gasteiger partial charge in [0.05, 0.1) is 24.0 Å². The molecule has 0 amide bonds. The molecule has 0 spiro atoms. The average Bonchev–Trinajstić information content (AvgIpc) is 2.57. The first-order valence-corrected chi connectivity index (χ1v) is 7.63. The molecule has 1 N–H and O–H groups in total. The Bertz CT molecular complexity index is 460. The normalized spacial score (nSPS) is 20.9. The molecule has 1 fully saturated rings. The van der Waals surface area contributed by atoms with Crippen molar-refractivity contribution in [3.05, 3.63) is 18.2 Å². The van der Waals surface area contributed by atoms with E-state index in [-0.39, 0.29) is 0 Å². The Labute approximate surface area is 109 Å². The van der Waals surface area contributed by atoms with Gasteiger partial charge in [-0.2, -0.15) is 0 Å². The largest absolute Gasteiger partial charge is 0.490 e. The quantitative estimate of drug-likeness (QED) is 0.893. The van der Waals surface area contributed by atoms with Crippen LogP contribution in [0.1, 0.15) is 6.42 Å². The molecular formula is C13H17NO3S. The van der Waals surface area contributed by atoms with Crippen LogP contribution in [0.4, 0.5) is 0 Å². The fourth-order valence-electron chi connectivity index (χ4n) is 2.06. The van der Waals surface area contributed by atoms with Crippen LogP contribution in [0.25, 0.3) is 0 Å². The molecule has 1 atom stereocenters. The van der Waals surface area contributed by atoms with E-state index in [0.29, 0.717) is 19.1 Å². The number of nitrogens with one attached hydrogen (secondary N) is 1. The third-order valence-corrected chi connectivity index (χ3v) is 4.79. The molecule has 2 aliphatic rings. The first kappa shape index (κ1) is 12.0. The van der Waals surface area contributed by atoms with Crippen LogP contribution in [-0.2, 0) is 10.8 Å². The van der Waals surface area contributed by atoms with Gasteiger partial charge in [0.1, 0.15) is 0 Å². The van der Waals surface area contributed by atoms with Gasteiger partial charge in [0.15, 0.2) is 11.5 Å². The lowest BCUT2D eigenvalue weighted by Crippen LogP contribution is -2.44. The van der Waals surface area contributed by atoms with E-state index in [1.165, 1.54) is 0 Å². The van der Waals surface area contributed by atoms with Gasteiger partial charge in [-0.05, 0) is 18.1 Å². The van der Waals surface area contributed by atoms with E-state index in [0.717, 1.165) is 41.7 Å². The summed E-state index contributed by atoms with van der Waals surface area (Å²) in [5.74, 6) is 2.76. The van der Waals surface area contributed by atoms with Gasteiger partial charge >= 0.3 is 0 Å². The molecule has 2 aliphatic heterocycles. The number of ether oxygens (including phenoxy) is 2. The van der Waals surface area contributed by atoms with Crippen molar-refractivity contribution >= 4 is 10.8 Å². The zero-order valence-corrected chi connectivity index (χ0v) is 11.0. The van der Waals surface area contributed by atoms with E-state index >= 15 is 0 Å². The predicted molar refractivity (Wildman–Crippen MR) is 69.7 cm³/mol. The van der Waals surface area contributed by atoms with Crippen LogP contribution in [0.3, 0.4) is 0 Å². The van der Waals surface area contributed by atoms with E-state index in [9.17, 15) is 4.21 Å². The van der Waals surface area contributed by atoms with Crippen LogP contribution < -0.4 is 14.8 Å². The predicted octanol–water partition coefficient (Wildman–Crippen LogP) is 1.17. The molecule has 18 heavy (non-hydrogen) atoms. The Hall–Kier alpha value is -1.07. The highest BCUT2D eigenvalue weighted by Gasteiger charge is 2.21. The second kappa shape index (κ2) is 5.28. The summed E-state index contributed by atoms with van der Waals surface area (Å²) in [4.78, 5) is 0.839. The van der Waals surface area contributed by atoms with E-state index in [1.54, 1.807) is 0 Å². The lowest BCUT2D eigenvalue weighted by atomic mass is 10.1. The highest BCUT2D eigenvalue weighted by molar-refractivity contribution is 7.85. The minimum absolute atomic E-state index is 0.543. The van der Waals surface area contributed by atoms with Crippen LogP contribution >= 0.6 is 0 Å². The summed E-state index contributed by atoms with van der Waals surface area (Å²) in [7, 11) is -0.941. The van der Waals surface area contributed by atoms with Crippen LogP contribution in [0.5, 0.6) is 11.5 Å². The molecule has 0 bridgehead atoms. The lowest BCUT2D eigenvalue weighted by molar-refractivity contribution is 0.297. The molecule has 1 aromatic rings. The Balaban J connectivity index is 1.75. The summed E-state index contributed by atoms with van der Waals surface area (Å²) in [6.45, 7) is 3.31. The molecule has 1 saturated heterocycles. The van der Waals surface area contributed by atoms with Crippen LogP contribution in [0, 0.1) is 5.92 Å². The van der Waals surface area contributed by atoms with Gasteiger partial charge in [-0.15, -0.1) is 0 Å². The van der Waals surface area contributed by atoms with Gasteiger partial charge in [0, 0.05) is 36.2 Å². The Kier molecular flexibility index (Phi) is 3.52. The third kappa shape index (κ3) is 2.52. The summed E-state index contributed by atoms with van der Waals surface area (Å²) >= 11 is 0. The van der Waals surface area contributed by atoms with Crippen molar-refractivity contribution in [3.8, 4) is 11.5 Å². The van der Waals surface area contributed by atoms with Crippen molar-refractivity contribution in [2.24, 2.45) is 5.92 Å². The minimum atomic E-state index is -0.941. The standard InChI is InChI=1S/C13H17NO3S/c15-18(9-10-7-14-8-10)11-2-3-12-13(6-11)17-5-1-4-16-12/h2-3,6,10,14H,1,4-5,7-9H2. The highest BCUT2D eigenvalue weighted by Crippen LogP contribution is 2.31. The van der Waals surface area contributed by atoms with Crippen LogP contribution in [0.15, 0.2) is 23.1 Å². The van der Waals surface area contributed by atoms with Crippen LogP contribution in [-0.4, -0.2) is 36.3 Å². The summed E-state index contributed by atoms with van der Waals surface area (Å²) < 4.78 is 23.4. The monoisotopic (exact) mass is 267 g/mol. The smallest absolute Gasteiger partial charge is 0.162 e. The molecule has 5 heteroatoms. The van der Waals surface area contributed by atoms with E-state index in [2.05, 4.69) is 5.32 Å². The Morgan fingerprint density at radius 1 is 1.22 bits per heavy atom. The van der Waals surface area contributed by atoms with Gasteiger partial charge in [-0.25, -0.2) is 0 Å². The van der Waals surface area contributed by atoms with Gasteiger partial charge in [-0.3, -0.25) is 4.21 Å². The fraction of sp³-hybridized carbons (Fsp3) is 0.538. The highest BCUT2D eigenvalue weighted by atomic mass is 32.2. The minimum Gasteiger partial charge on any atom is -0.490 e. The number of fused-ring (bicyclic) bond motifs is 1. The molecule has 1 aromatic carbocycles. The maximum atomic E-state index is 12.2. The molecular weight excluding hydrogens is 250 g/mol. The molecule has 0 radical (unpaired) electrons. The third-order valence-electron chi connectivity index (χ3n) is 3.23. The lowest BCUT2D eigenvalue weighted by Gasteiger charge is -2.26. The number of hydrogen-bond acceptors (Lipinski definition) is 4. The Morgan fingerprint density at radius 2 is 2.00 bits per heavy atom. The van der Waals surface area contributed by atoms with Crippen molar-refractivity contribution in [1.82, 2.24) is 5.32 Å². The maximum absolute atomic E-state index is 12.2. The molecule has 0 aromatic heterocycles. The van der Waals surface area contributed by atoms with Crippen molar-refractivity contribution in [2.45, 2.75) is 11.3 Å². The average molecular weight is 267 g/mol. The summed E-state index contributed by atoms with van der Waals surface area (Å²) in [6, 6.07) is 5.62. The second-order valence-corrected chi connectivity index (χ2v) is 6.19. The van der Waals surface area contributed by atoms with Gasteiger partial charge in [0.25, 0.3) is 0 Å². The zero-order chi connectivity index (χ0) is 12.4. The molecule has 2 heterocycles. The molecule has 98 valence electrons. The van der Waals surface area contributed by atoms with Crippen LogP contribution in [0.2, 0.25) is 0 Å². The van der Waals surface area contributed by atoms with Crippen molar-refractivity contribution in [1.29, 1.82) is 0 Å². The molecule has 3 rings (SSSR count). The first-order valence-electron chi connectivity index (χ1n) is 6.31. The SMILES string of the molecule is O=S(CC1CNC1)c1ccc2c(c1)OCCCO2. The number of hydrogen-bond donors (Lipinski definition) is 1. The zero-order valence-electron chi connectivity index (χ0n) is 10.2. The molecule has 0 aliphatic carbocycles.